The van der Waals surface area contributed by atoms with Crippen molar-refractivity contribution in [3.05, 3.63) is 0 Å². The molecule has 0 aliphatic heterocycles. The molecular formula is H8Al2CuMgMn. The third-order valence-electron chi connectivity index (χ3n) is 0. The molecule has 0 nitrogen and oxygen atoms in total. The summed E-state index contributed by atoms with van der Waals surface area (Å²) in [6, 6.07) is 0. The summed E-state index contributed by atoms with van der Waals surface area (Å²) in [5.74, 6) is 0. The predicted octanol–water partition coefficient (Wildman–Crippen LogP) is -3.29. The third kappa shape index (κ3) is 19.8. The largest absolute Gasteiger partial charge is 0.316 e. The minimum atomic E-state index is 0. The van der Waals surface area contributed by atoms with Gasteiger partial charge in [-0.1, -0.05) is 0 Å². The van der Waals surface area contributed by atoms with E-state index in [-0.39, 0.29) is 91.9 Å². The van der Waals surface area contributed by atoms with Crippen LogP contribution in [-0.2, 0) is 34.1 Å². The van der Waals surface area contributed by atoms with Gasteiger partial charge in [0.15, 0.2) is 34.7 Å². The smallest absolute Gasteiger partial charge is 0 e. The summed E-state index contributed by atoms with van der Waals surface area (Å²) in [6.07, 6.45) is 0. The Morgan fingerprint density at radius 1 is 0.800 bits per heavy atom. The second-order valence-corrected chi connectivity index (χ2v) is 0. The second kappa shape index (κ2) is 28.7. The number of hydrogen-bond acceptors (Lipinski definition) is 0. The van der Waals surface area contributed by atoms with Crippen LogP contribution in [0, 0.1) is 0 Å². The summed E-state index contributed by atoms with van der Waals surface area (Å²) in [6.45, 7) is 0. The average Bonchev–Trinajstić information content (AvgIpc) is 0. The molecule has 0 saturated heterocycles. The minimum Gasteiger partial charge on any atom is 0 e. The summed E-state index contributed by atoms with van der Waals surface area (Å²) >= 11 is 0. The van der Waals surface area contributed by atoms with Gasteiger partial charge in [0.05, 0.1) is 0 Å². The first-order valence-corrected chi connectivity index (χ1v) is 0. The Morgan fingerprint density at radius 3 is 0.800 bits per heavy atom. The van der Waals surface area contributed by atoms with Crippen LogP contribution in [-0.4, -0.2) is 57.8 Å². The predicted molar refractivity (Wildman–Crippen MR) is 28.4 cm³/mol. The Bertz CT molecular complexity index is 9.61. The zero-order chi connectivity index (χ0) is 0. The fourth-order valence-corrected chi connectivity index (χ4v) is 0. The van der Waals surface area contributed by atoms with E-state index < -0.39 is 0 Å². The molecule has 0 amide bonds. The molecule has 5 heteroatoms. The van der Waals surface area contributed by atoms with Crippen LogP contribution in [0.1, 0.15) is 0 Å². The van der Waals surface area contributed by atoms with E-state index in [1.807, 2.05) is 0 Å². The molecule has 0 aromatic heterocycles. The van der Waals surface area contributed by atoms with Crippen molar-refractivity contribution in [1.29, 1.82) is 0 Å². The van der Waals surface area contributed by atoms with Crippen LogP contribution < -0.4 is 0 Å². The van der Waals surface area contributed by atoms with Gasteiger partial charge in [0.25, 0.3) is 0 Å². The molecule has 0 fully saturated rings. The first-order chi connectivity index (χ1) is 0. The summed E-state index contributed by atoms with van der Waals surface area (Å²) < 4.78 is 0. The molecule has 0 N–H and O–H groups in total. The first-order valence-electron chi connectivity index (χ1n) is 0. The zero-order valence-corrected chi connectivity index (χ0v) is 2.80. The van der Waals surface area contributed by atoms with Crippen molar-refractivity contribution < 1.29 is 34.1 Å². The van der Waals surface area contributed by atoms with Crippen molar-refractivity contribution in [3.63, 3.8) is 0 Å². The van der Waals surface area contributed by atoms with Gasteiger partial charge in [0, 0.05) is 34.1 Å². The molecule has 0 saturated carbocycles. The van der Waals surface area contributed by atoms with Gasteiger partial charge in [-0.05, 0) is 0 Å². The van der Waals surface area contributed by atoms with Crippen LogP contribution in [0.5, 0.6) is 0 Å². The molecule has 0 unspecified atom stereocenters. The third-order valence-corrected chi connectivity index (χ3v) is 0. The first kappa shape index (κ1) is 45.1. The van der Waals surface area contributed by atoms with Crippen LogP contribution in [0.2, 0.25) is 0 Å². The SMILES string of the molecule is [AlH3].[AlH3].[Cu].[MgH2].[Mn]. The molecule has 34 valence electrons. The van der Waals surface area contributed by atoms with Gasteiger partial charge in [-0.25, -0.2) is 0 Å². The van der Waals surface area contributed by atoms with E-state index in [9.17, 15) is 0 Å². The topological polar surface area (TPSA) is 0 Å². The molecule has 0 atom stereocenters. The van der Waals surface area contributed by atoms with E-state index >= 15 is 0 Å². The molecule has 0 aliphatic rings. The standard InChI is InChI=1S/2Al.Cu.Mg.Mn.8H. The zero-order valence-electron chi connectivity index (χ0n) is 0.679. The quantitative estimate of drug-likeness (QED) is 0.363. The molecular weight excluding hydrogens is 197 g/mol. The summed E-state index contributed by atoms with van der Waals surface area (Å²) in [4.78, 5) is 0. The van der Waals surface area contributed by atoms with Crippen LogP contribution in [0.4, 0.5) is 0 Å². The van der Waals surface area contributed by atoms with Gasteiger partial charge >= 0.3 is 23.1 Å². The van der Waals surface area contributed by atoms with E-state index in [1.54, 1.807) is 0 Å². The molecule has 0 aliphatic carbocycles. The molecule has 0 heterocycles. The Kier molecular flexibility index (Phi) is 259. The Hall–Kier alpha value is 2.87. The maximum atomic E-state index is 0. The van der Waals surface area contributed by atoms with E-state index in [0.29, 0.717) is 0 Å². The average molecular weight is 205 g/mol. The van der Waals surface area contributed by atoms with Crippen molar-refractivity contribution in [2.45, 2.75) is 0 Å². The van der Waals surface area contributed by atoms with Gasteiger partial charge in [-0.2, -0.15) is 0 Å². The van der Waals surface area contributed by atoms with Crippen LogP contribution in [0.15, 0.2) is 0 Å². The van der Waals surface area contributed by atoms with E-state index in [1.165, 1.54) is 0 Å². The Balaban J connectivity index is 0. The van der Waals surface area contributed by atoms with Crippen LogP contribution in [0.25, 0.3) is 0 Å². The van der Waals surface area contributed by atoms with Crippen LogP contribution >= 0.6 is 0 Å². The summed E-state index contributed by atoms with van der Waals surface area (Å²) in [5.41, 5.74) is 0. The van der Waals surface area contributed by atoms with E-state index in [4.69, 9.17) is 0 Å². The molecule has 2 radical (unpaired) electrons. The monoisotopic (exact) mass is 204 g/mol. The summed E-state index contributed by atoms with van der Waals surface area (Å²) in [5, 5.41) is 0. The fourth-order valence-electron chi connectivity index (χ4n) is 0. The van der Waals surface area contributed by atoms with Crippen molar-refractivity contribution in [2.24, 2.45) is 0 Å². The second-order valence-electron chi connectivity index (χ2n) is 0. The van der Waals surface area contributed by atoms with Crippen molar-refractivity contribution in [1.82, 2.24) is 0 Å². The number of rotatable bonds is 0. The molecule has 5 heavy (non-hydrogen) atoms. The van der Waals surface area contributed by atoms with Crippen molar-refractivity contribution in [2.75, 3.05) is 0 Å². The van der Waals surface area contributed by atoms with Gasteiger partial charge in [0.2, 0.25) is 0 Å². The van der Waals surface area contributed by atoms with Gasteiger partial charge < -0.3 is 0 Å². The fraction of sp³-hybridized carbons (Fsp3) is 0. The molecule has 0 aromatic rings. The maximum Gasteiger partial charge on any atom is 0.316 e. The minimum absolute atomic E-state index is 0. The molecule has 0 spiro atoms. The van der Waals surface area contributed by atoms with Gasteiger partial charge in [-0.15, -0.1) is 0 Å². The Morgan fingerprint density at radius 2 is 0.800 bits per heavy atom. The maximum absolute atomic E-state index is 0. The normalized spacial score (nSPS) is 0. The molecule has 0 aromatic carbocycles. The molecule has 0 bridgehead atoms. The molecule has 0 rings (SSSR count). The van der Waals surface area contributed by atoms with Gasteiger partial charge in [0.1, 0.15) is 0 Å². The van der Waals surface area contributed by atoms with Gasteiger partial charge in [-0.3, -0.25) is 0 Å². The van der Waals surface area contributed by atoms with Crippen molar-refractivity contribution in [3.8, 4) is 0 Å². The van der Waals surface area contributed by atoms with Crippen LogP contribution in [0.3, 0.4) is 0 Å². The van der Waals surface area contributed by atoms with Crippen molar-refractivity contribution >= 4 is 57.8 Å². The number of hydrogen-bond donors (Lipinski definition) is 0. The van der Waals surface area contributed by atoms with E-state index in [2.05, 4.69) is 0 Å². The summed E-state index contributed by atoms with van der Waals surface area (Å²) in [7, 11) is 0. The van der Waals surface area contributed by atoms with E-state index in [0.717, 1.165) is 0 Å². The Labute approximate surface area is 90.6 Å².